The van der Waals surface area contributed by atoms with E-state index in [0.717, 1.165) is 58.2 Å². The minimum atomic E-state index is -4.04. The Hall–Kier alpha value is -4.06. The molecule has 11 heteroatoms. The molecule has 7 rings (SSSR count). The fourth-order valence-electron chi connectivity index (χ4n) is 9.23. The average molecular weight is 829 g/mol. The van der Waals surface area contributed by atoms with Crippen LogP contribution in [0, 0.1) is 0 Å². The van der Waals surface area contributed by atoms with E-state index in [-0.39, 0.29) is 22.3 Å². The number of rotatable bonds is 13. The second-order valence-electron chi connectivity index (χ2n) is 16.6. The molecule has 0 fully saturated rings. The summed E-state index contributed by atoms with van der Waals surface area (Å²) >= 11 is 7.29. The molecule has 0 spiro atoms. The van der Waals surface area contributed by atoms with Gasteiger partial charge in [-0.3, -0.25) is 9.11 Å². The van der Waals surface area contributed by atoms with E-state index in [9.17, 15) is 25.9 Å². The molecule has 0 aromatic heterocycles. The molecule has 4 aromatic carbocycles. The highest BCUT2D eigenvalue weighted by atomic mass is 35.5. The van der Waals surface area contributed by atoms with Crippen LogP contribution in [0.4, 0.5) is 11.4 Å². The Labute approximate surface area is 342 Å². The Morgan fingerprint density at radius 2 is 1.33 bits per heavy atom. The highest BCUT2D eigenvalue weighted by Crippen LogP contribution is 2.51. The van der Waals surface area contributed by atoms with Crippen molar-refractivity contribution in [2.75, 3.05) is 29.5 Å². The number of halogens is 1. The van der Waals surface area contributed by atoms with E-state index in [1.165, 1.54) is 32.7 Å². The number of unbranched alkanes of at least 4 members (excludes halogenated alkanes) is 2. The Balaban J connectivity index is 1.24. The van der Waals surface area contributed by atoms with E-state index in [4.69, 9.17) is 11.6 Å². The highest BCUT2D eigenvalue weighted by molar-refractivity contribution is 7.86. The van der Waals surface area contributed by atoms with Crippen molar-refractivity contribution >= 4 is 70.5 Å². The largest absolute Gasteiger partial charge is 0.344 e. The molecule has 0 amide bonds. The number of anilines is 1. The van der Waals surface area contributed by atoms with Crippen LogP contribution in [0.1, 0.15) is 83.8 Å². The van der Waals surface area contributed by atoms with Crippen LogP contribution in [-0.2, 0) is 31.1 Å². The topological polar surface area (TPSA) is 115 Å². The van der Waals surface area contributed by atoms with Crippen molar-refractivity contribution in [2.24, 2.45) is 0 Å². The van der Waals surface area contributed by atoms with Crippen LogP contribution >= 0.6 is 11.6 Å². The lowest BCUT2D eigenvalue weighted by molar-refractivity contribution is -0.438. The summed E-state index contributed by atoms with van der Waals surface area (Å²) in [6.07, 6.45) is 13.2. The normalized spacial score (nSPS) is 19.5. The van der Waals surface area contributed by atoms with Gasteiger partial charge in [0.25, 0.3) is 20.2 Å². The van der Waals surface area contributed by atoms with Gasteiger partial charge < -0.3 is 4.90 Å². The van der Waals surface area contributed by atoms with Crippen LogP contribution in [-0.4, -0.2) is 60.8 Å². The molecular formula is C46H52ClN2O6S2+. The molecule has 2 aliphatic heterocycles. The first-order valence-electron chi connectivity index (χ1n) is 19.8. The quantitative estimate of drug-likeness (QED) is 0.0783. The van der Waals surface area contributed by atoms with Gasteiger partial charge in [-0.1, -0.05) is 92.2 Å². The maximum Gasteiger partial charge on any atom is 0.264 e. The summed E-state index contributed by atoms with van der Waals surface area (Å²) in [6.45, 7) is 10.2. The molecule has 0 unspecified atom stereocenters. The molecule has 0 saturated heterocycles. The molecule has 0 radical (unpaired) electrons. The summed E-state index contributed by atoms with van der Waals surface area (Å²) in [5, 5.41) is 5.46. The standard InChI is InChI=1S/C46H51ClN2O6S2/c1-45(2)40(48(28-9-11-30-56(50,51)52)38-24-20-32-14-5-7-18-36(32)42(38)45)26-22-34-16-13-17-35(44(34)47)23-27-41-46(3,4)43-37-19-8-6-15-33(37)21-25-39(43)49(41)29-10-12-31-57(53,54)55/h5-8,14-15,18-27H,9-13,16-17,28-31H2,1-4H3,(H-,50,51,52,53,54,55)/p+1. The lowest BCUT2D eigenvalue weighted by Gasteiger charge is -2.27. The van der Waals surface area contributed by atoms with Gasteiger partial charge in [0.2, 0.25) is 5.69 Å². The maximum absolute atomic E-state index is 11.5. The van der Waals surface area contributed by atoms with Gasteiger partial charge in [0.1, 0.15) is 6.54 Å². The van der Waals surface area contributed by atoms with E-state index in [2.05, 4.69) is 122 Å². The molecule has 2 N–H and O–H groups in total. The molecular weight excluding hydrogens is 776 g/mol. The molecule has 3 aliphatic rings. The number of benzene rings is 4. The maximum atomic E-state index is 11.5. The lowest BCUT2D eigenvalue weighted by Crippen LogP contribution is -2.28. The zero-order valence-corrected chi connectivity index (χ0v) is 35.5. The predicted octanol–water partition coefficient (Wildman–Crippen LogP) is 10.5. The smallest absolute Gasteiger partial charge is 0.264 e. The van der Waals surface area contributed by atoms with Crippen molar-refractivity contribution < 1.29 is 30.5 Å². The van der Waals surface area contributed by atoms with Crippen LogP contribution in [0.15, 0.2) is 119 Å². The van der Waals surface area contributed by atoms with Crippen LogP contribution in [0.25, 0.3) is 21.5 Å². The van der Waals surface area contributed by atoms with E-state index in [1.54, 1.807) is 0 Å². The molecule has 300 valence electrons. The molecule has 4 aromatic rings. The van der Waals surface area contributed by atoms with Gasteiger partial charge in [-0.15, -0.1) is 0 Å². The van der Waals surface area contributed by atoms with E-state index in [0.29, 0.717) is 38.8 Å². The van der Waals surface area contributed by atoms with Crippen molar-refractivity contribution in [2.45, 2.75) is 83.5 Å². The molecule has 0 saturated carbocycles. The Morgan fingerprint density at radius 3 is 2.00 bits per heavy atom. The second-order valence-corrected chi connectivity index (χ2v) is 20.1. The summed E-state index contributed by atoms with van der Waals surface area (Å²) in [5.41, 5.74) is 8.33. The van der Waals surface area contributed by atoms with Gasteiger partial charge in [0.05, 0.1) is 16.9 Å². The van der Waals surface area contributed by atoms with Gasteiger partial charge in [0.15, 0.2) is 5.71 Å². The highest BCUT2D eigenvalue weighted by Gasteiger charge is 2.45. The molecule has 8 nitrogen and oxygen atoms in total. The van der Waals surface area contributed by atoms with Crippen molar-refractivity contribution in [3.63, 3.8) is 0 Å². The zero-order chi connectivity index (χ0) is 40.8. The minimum Gasteiger partial charge on any atom is -0.344 e. The van der Waals surface area contributed by atoms with Crippen molar-refractivity contribution in [3.05, 3.63) is 130 Å². The summed E-state index contributed by atoms with van der Waals surface area (Å²) < 4.78 is 67.0. The molecule has 2 heterocycles. The number of hydrogen-bond donors (Lipinski definition) is 2. The van der Waals surface area contributed by atoms with E-state index < -0.39 is 20.2 Å². The van der Waals surface area contributed by atoms with Gasteiger partial charge >= 0.3 is 0 Å². The second kappa shape index (κ2) is 15.9. The third-order valence-corrected chi connectivity index (χ3v) is 14.0. The number of hydrogen-bond acceptors (Lipinski definition) is 5. The van der Waals surface area contributed by atoms with Gasteiger partial charge in [-0.2, -0.15) is 21.4 Å². The van der Waals surface area contributed by atoms with Crippen molar-refractivity contribution in [1.82, 2.24) is 0 Å². The first-order chi connectivity index (χ1) is 27.0. The monoisotopic (exact) mass is 827 g/mol. The first kappa shape index (κ1) is 41.1. The number of fused-ring (bicyclic) bond motifs is 6. The molecule has 0 atom stereocenters. The predicted molar refractivity (Wildman–Crippen MR) is 234 cm³/mol. The molecule has 1 aliphatic carbocycles. The van der Waals surface area contributed by atoms with E-state index >= 15 is 0 Å². The third-order valence-electron chi connectivity index (χ3n) is 11.9. The SMILES string of the molecule is CC1(C)C(/C=C/C2=C(Cl)C(=C\C=C3/N(CCCCS(=O)(=O)O)c4ccc5ccccc5c4C3(C)C)/CCC2)=[N+](CCCCS(=O)(=O)O)c2ccc3ccccc3c21. The first-order valence-corrected chi connectivity index (χ1v) is 23.4. The van der Waals surface area contributed by atoms with Gasteiger partial charge in [-0.05, 0) is 109 Å². The average Bonchev–Trinajstić information content (AvgIpc) is 3.51. The van der Waals surface area contributed by atoms with Crippen LogP contribution in [0.5, 0.6) is 0 Å². The fraction of sp³-hybridized carbons (Fsp3) is 0.370. The number of nitrogens with zero attached hydrogens (tertiary/aromatic N) is 2. The minimum absolute atomic E-state index is 0.264. The summed E-state index contributed by atoms with van der Waals surface area (Å²) in [4.78, 5) is 2.30. The molecule has 57 heavy (non-hydrogen) atoms. The van der Waals surface area contributed by atoms with Gasteiger partial charge in [-0.25, -0.2) is 0 Å². The summed E-state index contributed by atoms with van der Waals surface area (Å²) in [7, 11) is -8.07. The lowest BCUT2D eigenvalue weighted by atomic mass is 9.78. The van der Waals surface area contributed by atoms with Crippen molar-refractivity contribution in [1.29, 1.82) is 0 Å². The van der Waals surface area contributed by atoms with E-state index in [1.807, 2.05) is 12.1 Å². The van der Waals surface area contributed by atoms with Crippen LogP contribution in [0.2, 0.25) is 0 Å². The fourth-order valence-corrected chi connectivity index (χ4v) is 10.7. The van der Waals surface area contributed by atoms with Crippen LogP contribution in [0.3, 0.4) is 0 Å². The third kappa shape index (κ3) is 8.43. The summed E-state index contributed by atoms with van der Waals surface area (Å²) in [6, 6.07) is 25.4. The summed E-state index contributed by atoms with van der Waals surface area (Å²) in [5.74, 6) is -0.529. The Bertz CT molecular complexity index is 2640. The number of allylic oxidation sites excluding steroid dienone is 8. The zero-order valence-electron chi connectivity index (χ0n) is 33.1. The Kier molecular flexibility index (Phi) is 11.5. The van der Waals surface area contributed by atoms with Crippen LogP contribution < -0.4 is 4.90 Å². The van der Waals surface area contributed by atoms with Gasteiger partial charge in [0, 0.05) is 52.5 Å². The Morgan fingerprint density at radius 1 is 0.719 bits per heavy atom. The van der Waals surface area contributed by atoms with Crippen molar-refractivity contribution in [3.8, 4) is 0 Å². The molecule has 0 bridgehead atoms.